The smallest absolute Gasteiger partial charge is 0.319 e. The summed E-state index contributed by atoms with van der Waals surface area (Å²) in [6.07, 6.45) is 7.88. The van der Waals surface area contributed by atoms with Crippen LogP contribution in [-0.2, 0) is 12.6 Å². The number of hydrogen-bond acceptors (Lipinski definition) is 2. The third-order valence-electron chi connectivity index (χ3n) is 4.70. The van der Waals surface area contributed by atoms with Crippen LogP contribution in [0.4, 0.5) is 35.1 Å². The van der Waals surface area contributed by atoms with Gasteiger partial charge in [-0.15, -0.1) is 25.7 Å². The van der Waals surface area contributed by atoms with Crippen molar-refractivity contribution in [3.05, 3.63) is 101 Å². The Morgan fingerprint density at radius 2 is 1.42 bits per heavy atom. The zero-order valence-corrected chi connectivity index (χ0v) is 20.3. The van der Waals surface area contributed by atoms with Crippen molar-refractivity contribution in [1.29, 1.82) is 0 Å². The molecule has 2 aromatic carbocycles. The van der Waals surface area contributed by atoms with Crippen molar-refractivity contribution in [2.45, 2.75) is 31.1 Å². The normalized spacial score (nSPS) is 11.4. The lowest BCUT2D eigenvalue weighted by Gasteiger charge is -2.19. The first-order valence-corrected chi connectivity index (χ1v) is 10.8. The molecule has 1 N–H and O–H groups in total. The lowest BCUT2D eigenvalue weighted by Crippen LogP contribution is -2.17. The van der Waals surface area contributed by atoms with Crippen LogP contribution in [0.15, 0.2) is 66.9 Å². The minimum absolute atomic E-state index is 0.00347. The molecule has 1 heterocycles. The van der Waals surface area contributed by atoms with Crippen molar-refractivity contribution < 1.29 is 35.1 Å². The number of halogens is 8. The van der Waals surface area contributed by atoms with E-state index in [0.717, 1.165) is 23.9 Å². The van der Waals surface area contributed by atoms with Crippen molar-refractivity contribution in [2.75, 3.05) is 13.6 Å². The van der Waals surface area contributed by atoms with Crippen molar-refractivity contribution >= 4 is 0 Å². The van der Waals surface area contributed by atoms with Crippen LogP contribution in [0.25, 0.3) is 0 Å². The van der Waals surface area contributed by atoms with Gasteiger partial charge in [-0.3, -0.25) is 4.98 Å². The van der Waals surface area contributed by atoms with Crippen molar-refractivity contribution in [1.82, 2.24) is 10.3 Å². The Balaban J connectivity index is 0.000000970. The number of nitrogens with zero attached hydrogens (tertiary/aromatic N) is 1. The van der Waals surface area contributed by atoms with Gasteiger partial charge < -0.3 is 5.32 Å². The van der Waals surface area contributed by atoms with Crippen LogP contribution < -0.4 is 5.32 Å². The van der Waals surface area contributed by atoms with Crippen molar-refractivity contribution in [3.63, 3.8) is 0 Å². The fourth-order valence-corrected chi connectivity index (χ4v) is 3.08. The number of terminal acetylenes is 2. The molecule has 0 bridgehead atoms. The van der Waals surface area contributed by atoms with Crippen LogP contribution in [0.5, 0.6) is 0 Å². The van der Waals surface area contributed by atoms with Crippen LogP contribution in [0.1, 0.15) is 34.7 Å². The molecule has 0 saturated carbocycles. The van der Waals surface area contributed by atoms with Crippen LogP contribution in [-0.4, -0.2) is 24.8 Å². The summed E-state index contributed by atoms with van der Waals surface area (Å²) < 4.78 is 99.8. The molecule has 0 radical (unpaired) electrons. The minimum Gasteiger partial charge on any atom is -0.319 e. The molecule has 0 aliphatic rings. The van der Waals surface area contributed by atoms with Gasteiger partial charge in [-0.1, -0.05) is 30.3 Å². The molecule has 3 aromatic rings. The topological polar surface area (TPSA) is 24.9 Å². The van der Waals surface area contributed by atoms with E-state index in [-0.39, 0.29) is 12.1 Å². The largest absolute Gasteiger partial charge is 0.416 e. The first-order valence-electron chi connectivity index (χ1n) is 10.8. The number of aromatic nitrogens is 1. The fraction of sp³-hybridized carbons (Fsp3) is 0.250. The van der Waals surface area contributed by atoms with Crippen LogP contribution in [0.3, 0.4) is 0 Å². The highest BCUT2D eigenvalue weighted by atomic mass is 19.4. The SMILES string of the molecule is C#C.C#C.CNCCC(F)(F)F.Fc1ccc([C@@H](Cc2ccccc2)c2cc(F)cc(C(F)(F)F)c2)nc1. The second-order valence-corrected chi connectivity index (χ2v) is 7.38. The van der Waals surface area contributed by atoms with Crippen molar-refractivity contribution in [2.24, 2.45) is 0 Å². The van der Waals surface area contributed by atoms with Gasteiger partial charge in [-0.25, -0.2) is 8.78 Å². The summed E-state index contributed by atoms with van der Waals surface area (Å²) in [5.74, 6) is -2.17. The quantitative estimate of drug-likeness (QED) is 0.259. The van der Waals surface area contributed by atoms with Crippen molar-refractivity contribution in [3.8, 4) is 25.7 Å². The molecule has 0 unspecified atom stereocenters. The highest BCUT2D eigenvalue weighted by Gasteiger charge is 2.32. The first-order chi connectivity index (χ1) is 17.9. The summed E-state index contributed by atoms with van der Waals surface area (Å²) in [4.78, 5) is 3.99. The zero-order chi connectivity index (χ0) is 29.4. The summed E-state index contributed by atoms with van der Waals surface area (Å²) in [6.45, 7) is 0.00347. The maximum absolute atomic E-state index is 13.9. The Morgan fingerprint density at radius 3 is 1.87 bits per heavy atom. The summed E-state index contributed by atoms with van der Waals surface area (Å²) in [5.41, 5.74) is 0.295. The standard InChI is InChI=1S/C20H14F5N.C4H8F3N.2C2H2/c21-16-6-7-19(26-12-16)18(8-13-4-2-1-3-5-13)14-9-15(20(23,24)25)11-17(22)10-14;1-8-3-2-4(5,6)7;2*1-2/h1-7,9-12,18H,8H2;8H,2-3H2,1H3;2*1-2H/t18-;;;/m0.../s1. The summed E-state index contributed by atoms with van der Waals surface area (Å²) >= 11 is 0. The molecule has 0 aliphatic carbocycles. The predicted octanol–water partition coefficient (Wildman–Crippen LogP) is 7.41. The highest BCUT2D eigenvalue weighted by Crippen LogP contribution is 2.35. The van der Waals surface area contributed by atoms with Crippen LogP contribution >= 0.6 is 0 Å². The maximum atomic E-state index is 13.9. The number of alkyl halides is 6. The van der Waals surface area contributed by atoms with Gasteiger partial charge in [0, 0.05) is 18.2 Å². The average Bonchev–Trinajstić information content (AvgIpc) is 2.89. The summed E-state index contributed by atoms with van der Waals surface area (Å²) in [5, 5.41) is 2.40. The fourth-order valence-electron chi connectivity index (χ4n) is 3.08. The Labute approximate surface area is 217 Å². The van der Waals surface area contributed by atoms with Crippen LogP contribution in [0.2, 0.25) is 0 Å². The van der Waals surface area contributed by atoms with E-state index in [0.29, 0.717) is 18.2 Å². The molecule has 1 aromatic heterocycles. The van der Waals surface area contributed by atoms with E-state index in [2.05, 4.69) is 36.0 Å². The maximum Gasteiger partial charge on any atom is 0.416 e. The van der Waals surface area contributed by atoms with Gasteiger partial charge in [0.1, 0.15) is 11.6 Å². The number of pyridine rings is 1. The molecule has 0 fully saturated rings. The molecule has 3 rings (SSSR count). The molecular weight excluding hydrogens is 516 g/mol. The number of benzene rings is 2. The number of nitrogens with one attached hydrogen (secondary N) is 1. The Kier molecular flexibility index (Phi) is 15.1. The molecule has 2 nitrogen and oxygen atoms in total. The second-order valence-electron chi connectivity index (χ2n) is 7.38. The highest BCUT2D eigenvalue weighted by molar-refractivity contribution is 5.36. The third-order valence-corrected chi connectivity index (χ3v) is 4.70. The van der Waals surface area contributed by atoms with E-state index in [9.17, 15) is 35.1 Å². The lowest BCUT2D eigenvalue weighted by atomic mass is 9.88. The molecule has 0 spiro atoms. The van der Waals surface area contributed by atoms with Gasteiger partial charge >= 0.3 is 12.4 Å². The number of rotatable bonds is 6. The lowest BCUT2D eigenvalue weighted by molar-refractivity contribution is -0.138. The predicted molar refractivity (Wildman–Crippen MR) is 132 cm³/mol. The molecule has 10 heteroatoms. The summed E-state index contributed by atoms with van der Waals surface area (Å²) in [6, 6.07) is 14.1. The molecule has 0 amide bonds. The third kappa shape index (κ3) is 12.9. The van der Waals surface area contributed by atoms with E-state index >= 15 is 0 Å². The average molecular weight is 543 g/mol. The Hall–Kier alpha value is -3.89. The zero-order valence-electron chi connectivity index (χ0n) is 20.3. The Morgan fingerprint density at radius 1 is 0.816 bits per heavy atom. The first kappa shape index (κ1) is 34.1. The molecule has 1 atom stereocenters. The van der Waals surface area contributed by atoms with Gasteiger partial charge in [0.05, 0.1) is 18.2 Å². The molecule has 204 valence electrons. The number of hydrogen-bond donors (Lipinski definition) is 1. The van der Waals surface area contributed by atoms with Gasteiger partial charge in [0.15, 0.2) is 0 Å². The molecule has 0 saturated heterocycles. The Bertz CT molecular complexity index is 1100. The van der Waals surface area contributed by atoms with Gasteiger partial charge in [-0.2, -0.15) is 26.3 Å². The van der Waals surface area contributed by atoms with E-state index in [4.69, 9.17) is 0 Å². The van der Waals surface area contributed by atoms with E-state index < -0.39 is 41.9 Å². The molecule has 0 aliphatic heterocycles. The molecule has 38 heavy (non-hydrogen) atoms. The summed E-state index contributed by atoms with van der Waals surface area (Å²) in [7, 11) is 1.49. The van der Waals surface area contributed by atoms with E-state index in [1.807, 2.05) is 18.2 Å². The van der Waals surface area contributed by atoms with E-state index in [1.165, 1.54) is 19.2 Å². The minimum atomic E-state index is -4.66. The van der Waals surface area contributed by atoms with Gasteiger partial charge in [0.25, 0.3) is 0 Å². The van der Waals surface area contributed by atoms with Gasteiger partial charge in [0.2, 0.25) is 0 Å². The van der Waals surface area contributed by atoms with Gasteiger partial charge in [-0.05, 0) is 54.9 Å². The monoisotopic (exact) mass is 542 g/mol. The van der Waals surface area contributed by atoms with Crippen LogP contribution in [0, 0.1) is 37.3 Å². The molecular formula is C28H26F8N2. The second kappa shape index (κ2) is 16.8. The van der Waals surface area contributed by atoms with E-state index in [1.54, 1.807) is 12.1 Å².